The Morgan fingerprint density at radius 3 is 2.97 bits per heavy atom. The largest absolute Gasteiger partial charge is 0.487 e. The Kier molecular flexibility index (Phi) is 4.24. The number of ether oxygens (including phenoxy) is 1. The molecule has 9 nitrogen and oxygen atoms in total. The van der Waals surface area contributed by atoms with Gasteiger partial charge in [0.25, 0.3) is 5.91 Å². The van der Waals surface area contributed by atoms with Crippen molar-refractivity contribution in [2.24, 2.45) is 0 Å². The third-order valence-corrected chi connectivity index (χ3v) is 4.62. The highest BCUT2D eigenvalue weighted by molar-refractivity contribution is 5.90. The Bertz CT molecular complexity index is 1150. The average molecular weight is 387 g/mol. The van der Waals surface area contributed by atoms with Gasteiger partial charge < -0.3 is 10.1 Å². The number of hydrogen-bond acceptors (Lipinski definition) is 6. The van der Waals surface area contributed by atoms with Gasteiger partial charge >= 0.3 is 0 Å². The molecule has 0 spiro atoms. The highest BCUT2D eigenvalue weighted by Gasteiger charge is 2.27. The van der Waals surface area contributed by atoms with E-state index in [1.807, 2.05) is 41.0 Å². The number of nitrogens with one attached hydrogen (secondary N) is 2. The fraction of sp³-hybridized carbons (Fsp3) is 0.150. The second-order valence-corrected chi connectivity index (χ2v) is 6.59. The molecule has 4 heterocycles. The molecule has 1 aliphatic rings. The van der Waals surface area contributed by atoms with Crippen molar-refractivity contribution in [3.05, 3.63) is 84.1 Å². The number of H-pyrrole nitrogens is 1. The zero-order valence-electron chi connectivity index (χ0n) is 15.3. The predicted octanol–water partition coefficient (Wildman–Crippen LogP) is 1.84. The van der Waals surface area contributed by atoms with Crippen LogP contribution < -0.4 is 10.1 Å². The van der Waals surface area contributed by atoms with Gasteiger partial charge in [0, 0.05) is 25.0 Å². The molecule has 1 aliphatic heterocycles. The van der Waals surface area contributed by atoms with Crippen LogP contribution >= 0.6 is 0 Å². The van der Waals surface area contributed by atoms with E-state index in [0.29, 0.717) is 29.6 Å². The lowest BCUT2D eigenvalue weighted by Gasteiger charge is -2.14. The van der Waals surface area contributed by atoms with Crippen LogP contribution in [0.4, 0.5) is 0 Å². The Labute approximate surface area is 165 Å². The van der Waals surface area contributed by atoms with Gasteiger partial charge in [-0.2, -0.15) is 0 Å². The van der Waals surface area contributed by atoms with Crippen molar-refractivity contribution in [1.82, 2.24) is 35.0 Å². The fourth-order valence-corrected chi connectivity index (χ4v) is 3.27. The molecule has 0 radical (unpaired) electrons. The number of carbonyl (C=O) groups excluding carboxylic acids is 1. The molecule has 3 aromatic heterocycles. The first-order chi connectivity index (χ1) is 14.3. The first-order valence-electron chi connectivity index (χ1n) is 9.15. The van der Waals surface area contributed by atoms with Crippen LogP contribution in [0.1, 0.15) is 33.9 Å². The second-order valence-electron chi connectivity index (χ2n) is 6.59. The van der Waals surface area contributed by atoms with E-state index in [9.17, 15) is 4.79 Å². The number of rotatable bonds is 4. The highest BCUT2D eigenvalue weighted by atomic mass is 16.5. The summed E-state index contributed by atoms with van der Waals surface area (Å²) in [4.78, 5) is 25.8. The van der Waals surface area contributed by atoms with E-state index >= 15 is 0 Å². The number of hydrogen-bond donors (Lipinski definition) is 2. The van der Waals surface area contributed by atoms with Gasteiger partial charge in [-0.05, 0) is 17.7 Å². The Morgan fingerprint density at radius 1 is 1.17 bits per heavy atom. The quantitative estimate of drug-likeness (QED) is 0.553. The van der Waals surface area contributed by atoms with E-state index in [1.54, 1.807) is 24.7 Å². The number of fused-ring (bicyclic) bond motifs is 3. The Balaban J connectivity index is 1.34. The maximum absolute atomic E-state index is 12.7. The summed E-state index contributed by atoms with van der Waals surface area (Å²) in [6, 6.07) is 13.0. The van der Waals surface area contributed by atoms with E-state index < -0.39 is 11.9 Å². The summed E-state index contributed by atoms with van der Waals surface area (Å²) >= 11 is 0. The van der Waals surface area contributed by atoms with Crippen molar-refractivity contribution < 1.29 is 9.53 Å². The number of nitrogens with zero attached hydrogens (tertiary/aromatic N) is 5. The third kappa shape index (κ3) is 3.33. The van der Waals surface area contributed by atoms with Gasteiger partial charge in [-0.1, -0.05) is 30.3 Å². The first-order valence-corrected chi connectivity index (χ1v) is 9.15. The summed E-state index contributed by atoms with van der Waals surface area (Å²) in [7, 11) is 0. The van der Waals surface area contributed by atoms with Crippen LogP contribution in [0.15, 0.2) is 61.1 Å². The summed E-state index contributed by atoms with van der Waals surface area (Å²) < 4.78 is 7.65. The molecule has 0 unspecified atom stereocenters. The average Bonchev–Trinajstić information content (AvgIpc) is 3.39. The zero-order chi connectivity index (χ0) is 19.6. The van der Waals surface area contributed by atoms with Gasteiger partial charge in [-0.25, -0.2) is 15.0 Å². The van der Waals surface area contributed by atoms with Crippen molar-refractivity contribution >= 4 is 5.91 Å². The van der Waals surface area contributed by atoms with Crippen LogP contribution in [0.3, 0.4) is 0 Å². The van der Waals surface area contributed by atoms with Gasteiger partial charge in [0.15, 0.2) is 11.6 Å². The maximum atomic E-state index is 12.7. The van der Waals surface area contributed by atoms with E-state index in [0.717, 1.165) is 5.56 Å². The van der Waals surface area contributed by atoms with E-state index in [2.05, 4.69) is 30.5 Å². The number of imidazole rings is 1. The van der Waals surface area contributed by atoms with Crippen molar-refractivity contribution in [1.29, 1.82) is 0 Å². The fourth-order valence-electron chi connectivity index (χ4n) is 3.27. The zero-order valence-corrected chi connectivity index (χ0v) is 15.3. The van der Waals surface area contributed by atoms with Gasteiger partial charge in [0.2, 0.25) is 5.82 Å². The monoisotopic (exact) mass is 387 g/mol. The summed E-state index contributed by atoms with van der Waals surface area (Å²) in [6.07, 6.45) is 5.72. The summed E-state index contributed by atoms with van der Waals surface area (Å²) in [6.45, 7) is 0.225. The van der Waals surface area contributed by atoms with Gasteiger partial charge in [-0.3, -0.25) is 14.5 Å². The molecule has 0 aliphatic carbocycles. The SMILES string of the molecule is O=C(N[C@H]1COc2cccnc2-n2ccnc21)c1n[nH]c(Cc2ccccc2)n1. The van der Waals surface area contributed by atoms with Gasteiger partial charge in [0.1, 0.15) is 24.3 Å². The number of amides is 1. The van der Waals surface area contributed by atoms with Crippen LogP contribution in [0.25, 0.3) is 5.82 Å². The number of carbonyl (C=O) groups is 1. The standard InChI is InChI=1S/C20H17N7O2/c28-20(17-24-16(25-26-17)11-13-5-2-1-3-6-13)23-14-12-29-15-7-4-8-21-19(15)27-10-9-22-18(14)27/h1-10,14H,11-12H2,(H,23,28)(H,24,25,26)/t14-/m0/s1. The molecular weight excluding hydrogens is 370 g/mol. The molecular formula is C20H17N7O2. The highest BCUT2D eigenvalue weighted by Crippen LogP contribution is 2.28. The molecule has 0 fully saturated rings. The molecule has 0 bridgehead atoms. The van der Waals surface area contributed by atoms with Crippen LogP contribution in [-0.4, -0.2) is 42.2 Å². The second kappa shape index (κ2) is 7.19. The molecule has 29 heavy (non-hydrogen) atoms. The first kappa shape index (κ1) is 17.1. The number of aromatic amines is 1. The summed E-state index contributed by atoms with van der Waals surface area (Å²) in [5.74, 6) is 2.20. The molecule has 0 saturated carbocycles. The molecule has 0 saturated heterocycles. The Hall–Kier alpha value is -4.01. The number of aromatic nitrogens is 6. The smallest absolute Gasteiger partial charge is 0.291 e. The Morgan fingerprint density at radius 2 is 2.07 bits per heavy atom. The van der Waals surface area contributed by atoms with Crippen molar-refractivity contribution in [2.45, 2.75) is 12.5 Å². The molecule has 1 amide bonds. The van der Waals surface area contributed by atoms with Gasteiger partial charge in [0.05, 0.1) is 0 Å². The van der Waals surface area contributed by atoms with Crippen molar-refractivity contribution in [2.75, 3.05) is 6.61 Å². The maximum Gasteiger partial charge on any atom is 0.291 e. The lowest BCUT2D eigenvalue weighted by Crippen LogP contribution is -2.33. The molecule has 2 N–H and O–H groups in total. The van der Waals surface area contributed by atoms with E-state index in [4.69, 9.17) is 4.74 Å². The lowest BCUT2D eigenvalue weighted by atomic mass is 10.1. The molecule has 1 atom stereocenters. The van der Waals surface area contributed by atoms with Gasteiger partial charge in [-0.15, -0.1) is 5.10 Å². The van der Waals surface area contributed by atoms with Crippen LogP contribution in [0.5, 0.6) is 5.75 Å². The summed E-state index contributed by atoms with van der Waals surface area (Å²) in [5, 5.41) is 9.79. The van der Waals surface area contributed by atoms with E-state index in [-0.39, 0.29) is 12.4 Å². The molecule has 144 valence electrons. The van der Waals surface area contributed by atoms with Crippen LogP contribution in [0.2, 0.25) is 0 Å². The molecule has 4 aromatic rings. The van der Waals surface area contributed by atoms with Crippen LogP contribution in [-0.2, 0) is 6.42 Å². The molecule has 5 rings (SSSR count). The third-order valence-electron chi connectivity index (χ3n) is 4.62. The minimum absolute atomic E-state index is 0.0777. The normalized spacial score (nSPS) is 15.0. The summed E-state index contributed by atoms with van der Waals surface area (Å²) in [5.41, 5.74) is 1.08. The van der Waals surface area contributed by atoms with Crippen LogP contribution in [0, 0.1) is 0 Å². The van der Waals surface area contributed by atoms with E-state index in [1.165, 1.54) is 0 Å². The number of benzene rings is 1. The molecule has 9 heteroatoms. The van der Waals surface area contributed by atoms with Crippen molar-refractivity contribution in [3.8, 4) is 11.6 Å². The predicted molar refractivity (Wildman–Crippen MR) is 103 cm³/mol. The molecule has 1 aromatic carbocycles. The minimum atomic E-state index is -0.470. The topological polar surface area (TPSA) is 111 Å². The minimum Gasteiger partial charge on any atom is -0.487 e. The lowest BCUT2D eigenvalue weighted by molar-refractivity contribution is 0.0909. The number of pyridine rings is 1. The van der Waals surface area contributed by atoms with Crippen molar-refractivity contribution in [3.63, 3.8) is 0 Å².